The Morgan fingerprint density at radius 3 is 2.52 bits per heavy atom. The summed E-state index contributed by atoms with van der Waals surface area (Å²) < 4.78 is 29.2. The third-order valence-corrected chi connectivity index (χ3v) is 10.5. The molecule has 3 heterocycles. The molecule has 0 spiro atoms. The predicted molar refractivity (Wildman–Crippen MR) is 168 cm³/mol. The minimum atomic E-state index is -3.73. The van der Waals surface area contributed by atoms with Crippen molar-refractivity contribution in [3.8, 4) is 0 Å². The first-order valence-electron chi connectivity index (χ1n) is 13.5. The number of hydrogen-bond acceptors (Lipinski definition) is 8. The lowest BCUT2D eigenvalue weighted by atomic mass is 9.58. The Balaban J connectivity index is 0.000000398. The summed E-state index contributed by atoms with van der Waals surface area (Å²) in [6, 6.07) is 10.6. The van der Waals surface area contributed by atoms with Crippen LogP contribution in [0.1, 0.15) is 63.2 Å². The molecule has 0 radical (unpaired) electrons. The Morgan fingerprint density at radius 1 is 1.20 bits per heavy atom. The van der Waals surface area contributed by atoms with Crippen molar-refractivity contribution in [2.24, 2.45) is 22.4 Å². The van der Waals surface area contributed by atoms with E-state index in [1.165, 1.54) is 10.2 Å². The number of alkyl halides is 1. The van der Waals surface area contributed by atoms with Crippen molar-refractivity contribution in [1.82, 2.24) is 24.1 Å². The molecule has 12 heteroatoms. The molecule has 1 aliphatic heterocycles. The largest absolute Gasteiger partial charge is 0.314 e. The highest BCUT2D eigenvalue weighted by Crippen LogP contribution is 2.51. The zero-order valence-electron chi connectivity index (χ0n) is 23.6. The van der Waals surface area contributed by atoms with Gasteiger partial charge in [0, 0.05) is 36.2 Å². The van der Waals surface area contributed by atoms with Gasteiger partial charge in [0.05, 0.1) is 16.5 Å². The number of halogens is 1. The van der Waals surface area contributed by atoms with Crippen molar-refractivity contribution in [3.63, 3.8) is 0 Å². The van der Waals surface area contributed by atoms with Gasteiger partial charge < -0.3 is 9.88 Å². The lowest BCUT2D eigenvalue weighted by molar-refractivity contribution is 0.0632. The lowest BCUT2D eigenvalue weighted by Crippen LogP contribution is -2.55. The molecule has 4 unspecified atom stereocenters. The van der Waals surface area contributed by atoms with E-state index in [9.17, 15) is 8.42 Å². The van der Waals surface area contributed by atoms with E-state index in [1.807, 2.05) is 24.8 Å². The first-order chi connectivity index (χ1) is 18.9. The zero-order valence-corrected chi connectivity index (χ0v) is 26.9. The molecule has 2 aromatic heterocycles. The van der Waals surface area contributed by atoms with Gasteiger partial charge in [-0.05, 0) is 62.4 Å². The molecule has 1 fully saturated rings. The second-order valence-corrected chi connectivity index (χ2v) is 14.4. The molecular formula is C28H38BrN7O2S2. The van der Waals surface area contributed by atoms with Crippen LogP contribution in [0.5, 0.6) is 0 Å². The molecule has 1 aromatic carbocycles. The van der Waals surface area contributed by atoms with E-state index in [-0.39, 0.29) is 15.7 Å². The summed E-state index contributed by atoms with van der Waals surface area (Å²) in [5.41, 5.74) is 1.08. The molecule has 1 saturated carbocycles. The molecule has 1 aliphatic carbocycles. The van der Waals surface area contributed by atoms with E-state index in [0.717, 1.165) is 37.2 Å². The molecule has 2 aliphatic rings. The number of aromatic nitrogens is 4. The minimum Gasteiger partial charge on any atom is -0.314 e. The van der Waals surface area contributed by atoms with E-state index in [4.69, 9.17) is 0 Å². The van der Waals surface area contributed by atoms with Crippen LogP contribution in [0.15, 0.2) is 57.5 Å². The van der Waals surface area contributed by atoms with E-state index in [2.05, 4.69) is 74.8 Å². The monoisotopic (exact) mass is 647 g/mol. The molecule has 0 bridgehead atoms. The van der Waals surface area contributed by atoms with Gasteiger partial charge in [0.1, 0.15) is 11.6 Å². The van der Waals surface area contributed by atoms with Crippen molar-refractivity contribution in [1.29, 1.82) is 0 Å². The third kappa shape index (κ3) is 6.61. The van der Waals surface area contributed by atoms with Gasteiger partial charge in [-0.15, -0.1) is 10.2 Å². The number of aryl methyl sites for hydroxylation is 1. The highest BCUT2D eigenvalue weighted by Gasteiger charge is 2.50. The molecule has 4 atom stereocenters. The second-order valence-electron chi connectivity index (χ2n) is 10.8. The average Bonchev–Trinajstić information content (AvgIpc) is 3.54. The maximum Gasteiger partial charge on any atom is 0.269 e. The Kier molecular flexibility index (Phi) is 9.74. The van der Waals surface area contributed by atoms with Crippen molar-refractivity contribution in [2.75, 3.05) is 6.54 Å². The fourth-order valence-corrected chi connectivity index (χ4v) is 6.90. The Labute approximate surface area is 251 Å². The van der Waals surface area contributed by atoms with Crippen LogP contribution in [-0.4, -0.2) is 62.4 Å². The molecule has 3 aromatic rings. The van der Waals surface area contributed by atoms with Crippen LogP contribution in [0.2, 0.25) is 0 Å². The number of nitrogens with one attached hydrogen (secondary N) is 1. The second kappa shape index (κ2) is 12.7. The molecular weight excluding hydrogens is 610 g/mol. The smallest absolute Gasteiger partial charge is 0.269 e. The van der Waals surface area contributed by atoms with E-state index in [0.29, 0.717) is 28.4 Å². The third-order valence-electron chi connectivity index (χ3n) is 7.68. The fourth-order valence-electron chi connectivity index (χ4n) is 4.98. The first-order valence-corrected chi connectivity index (χ1v) is 16.3. The first kappa shape index (κ1) is 30.7. The van der Waals surface area contributed by atoms with Crippen molar-refractivity contribution < 1.29 is 8.42 Å². The van der Waals surface area contributed by atoms with Crippen LogP contribution in [0.3, 0.4) is 0 Å². The minimum absolute atomic E-state index is 0.0853. The number of rotatable bonds is 7. The highest BCUT2D eigenvalue weighted by atomic mass is 79.9. The van der Waals surface area contributed by atoms with E-state index < -0.39 is 10.0 Å². The quantitative estimate of drug-likeness (QED) is 0.206. The van der Waals surface area contributed by atoms with Gasteiger partial charge >= 0.3 is 0 Å². The van der Waals surface area contributed by atoms with Crippen LogP contribution >= 0.6 is 28.6 Å². The predicted octanol–water partition coefficient (Wildman–Crippen LogP) is 5.27. The summed E-state index contributed by atoms with van der Waals surface area (Å²) >= 11 is 7.62. The zero-order chi connectivity index (χ0) is 29.1. The van der Waals surface area contributed by atoms with Gasteiger partial charge in [-0.2, -0.15) is 12.6 Å². The van der Waals surface area contributed by atoms with Gasteiger partial charge in [0.15, 0.2) is 5.82 Å². The van der Waals surface area contributed by atoms with Gasteiger partial charge in [-0.25, -0.2) is 17.4 Å². The number of hydrogen-bond donors (Lipinski definition) is 2. The average molecular weight is 649 g/mol. The maximum absolute atomic E-state index is 13.1. The normalized spacial score (nSPS) is 24.0. The number of benzene rings is 1. The summed E-state index contributed by atoms with van der Waals surface area (Å²) in [4.78, 5) is 9.24. The van der Waals surface area contributed by atoms with Gasteiger partial charge in [0.25, 0.3) is 10.0 Å². The molecule has 1 N–H and O–H groups in total. The molecule has 5 rings (SSSR count). The van der Waals surface area contributed by atoms with Crippen LogP contribution in [0.4, 0.5) is 5.82 Å². The van der Waals surface area contributed by atoms with Gasteiger partial charge in [-0.3, -0.25) is 4.99 Å². The van der Waals surface area contributed by atoms with Crippen LogP contribution in [-0.2, 0) is 17.1 Å². The molecule has 0 saturated heterocycles. The molecule has 40 heavy (non-hydrogen) atoms. The van der Waals surface area contributed by atoms with Gasteiger partial charge in [0.2, 0.25) is 0 Å². The lowest BCUT2D eigenvalue weighted by Gasteiger charge is -2.51. The topological polar surface area (TPSA) is 107 Å². The summed E-state index contributed by atoms with van der Waals surface area (Å²) in [6.45, 7) is 9.49. The Hall–Kier alpha value is -2.28. The summed E-state index contributed by atoms with van der Waals surface area (Å²) in [6.07, 6.45) is 8.26. The van der Waals surface area contributed by atoms with Gasteiger partial charge in [-0.1, -0.05) is 54.4 Å². The maximum atomic E-state index is 13.1. The Morgan fingerprint density at radius 2 is 1.93 bits per heavy atom. The number of thiol groups is 1. The van der Waals surface area contributed by atoms with Crippen LogP contribution in [0, 0.1) is 12.3 Å². The van der Waals surface area contributed by atoms with Crippen molar-refractivity contribution in [2.45, 2.75) is 74.0 Å². The number of aliphatic imine (C=N–C) groups is 2. The van der Waals surface area contributed by atoms with Crippen LogP contribution < -0.4 is 5.32 Å². The van der Waals surface area contributed by atoms with Crippen LogP contribution in [0.25, 0.3) is 0 Å². The summed E-state index contributed by atoms with van der Waals surface area (Å²) in [5.74, 6) is 2.12. The Bertz CT molecular complexity index is 1450. The van der Waals surface area contributed by atoms with E-state index in [1.54, 1.807) is 42.6 Å². The van der Waals surface area contributed by atoms with Crippen molar-refractivity contribution >= 4 is 56.8 Å². The summed E-state index contributed by atoms with van der Waals surface area (Å²) in [5, 5.41) is 12.5. The summed E-state index contributed by atoms with van der Waals surface area (Å²) in [7, 11) is -1.81. The van der Waals surface area contributed by atoms with E-state index >= 15 is 0 Å². The standard InChI is InChI=1S/C23H30N6O2S.C5H8BrNS/c1-6-24-19-14-18(23(19,3)4)22-27-26-21(28(22)5)15-25-20-8-7-13-29(20)32(30,31)17-11-9-16(2)10-12-17;6-4-1-2-5(8)7-3-4/h7-13,15,18-19,24H,6,14H2,1-5H3;3-5,8H,1-2H2/b25-15-;. The highest BCUT2D eigenvalue weighted by molar-refractivity contribution is 9.09. The SMILES string of the molecule is CCNC1CC(c2nnc(/C=N\c3cccn3S(=O)(=O)c3ccc(C)cc3)n2C)C1(C)C.SC1CCC(Br)C=N1. The number of nitrogens with zero attached hydrogens (tertiary/aromatic N) is 6. The van der Waals surface area contributed by atoms with Crippen molar-refractivity contribution in [3.05, 3.63) is 59.8 Å². The fraction of sp³-hybridized carbons (Fsp3) is 0.500. The molecule has 0 amide bonds. The molecule has 216 valence electrons. The molecule has 9 nitrogen and oxygen atoms in total.